The molecule has 3 heterocycles. The average Bonchev–Trinajstić information content (AvgIpc) is 3.66. The Bertz CT molecular complexity index is 1050. The lowest BCUT2D eigenvalue weighted by Gasteiger charge is -2.36. The molecule has 3 aliphatic rings. The highest BCUT2D eigenvalue weighted by Gasteiger charge is 2.34. The number of rotatable bonds is 5. The highest BCUT2D eigenvalue weighted by molar-refractivity contribution is 5.81. The van der Waals surface area contributed by atoms with Crippen molar-refractivity contribution in [2.75, 3.05) is 62.2 Å². The van der Waals surface area contributed by atoms with Gasteiger partial charge in [0.1, 0.15) is 5.82 Å². The average molecular weight is 455 g/mol. The number of hydrogen-bond donors (Lipinski definition) is 1. The molecule has 0 spiro atoms. The topological polar surface area (TPSA) is 75.8 Å². The number of nitrogens with zero attached hydrogens (tertiary/aromatic N) is 5. The van der Waals surface area contributed by atoms with E-state index in [4.69, 9.17) is 4.98 Å². The summed E-state index contributed by atoms with van der Waals surface area (Å²) in [7, 11) is 0. The number of aromatic amines is 1. The van der Waals surface area contributed by atoms with Crippen molar-refractivity contribution >= 4 is 17.5 Å². The number of aromatic nitrogens is 2. The van der Waals surface area contributed by atoms with Gasteiger partial charge >= 0.3 is 0 Å². The van der Waals surface area contributed by atoms with Crippen LogP contribution in [0.4, 0.5) is 16.0 Å². The molecule has 0 unspecified atom stereocenters. The van der Waals surface area contributed by atoms with Crippen LogP contribution in [-0.2, 0) is 11.3 Å². The molecule has 5 rings (SSSR count). The Labute approximate surface area is 193 Å². The van der Waals surface area contributed by atoms with E-state index >= 15 is 0 Å². The normalized spacial score (nSPS) is 20.1. The molecule has 9 heteroatoms. The molecule has 176 valence electrons. The largest absolute Gasteiger partial charge is 0.367 e. The number of piperazine rings is 1. The number of anilines is 2. The molecule has 0 atom stereocenters. The third kappa shape index (κ3) is 5.19. The Kier molecular flexibility index (Phi) is 6.30. The molecule has 8 nitrogen and oxygen atoms in total. The van der Waals surface area contributed by atoms with Crippen LogP contribution in [0.25, 0.3) is 0 Å². The van der Waals surface area contributed by atoms with Crippen molar-refractivity contribution in [1.29, 1.82) is 0 Å². The van der Waals surface area contributed by atoms with Crippen molar-refractivity contribution in [3.63, 3.8) is 0 Å². The van der Waals surface area contributed by atoms with Gasteiger partial charge in [0.25, 0.3) is 5.56 Å². The number of carbonyl (C=O) groups excluding carboxylic acids is 1. The van der Waals surface area contributed by atoms with E-state index in [1.807, 2.05) is 17.0 Å². The van der Waals surface area contributed by atoms with Crippen LogP contribution >= 0.6 is 0 Å². The van der Waals surface area contributed by atoms with Crippen LogP contribution < -0.4 is 15.4 Å². The molecule has 0 bridgehead atoms. The van der Waals surface area contributed by atoms with Crippen LogP contribution in [0.2, 0.25) is 0 Å². The van der Waals surface area contributed by atoms with Crippen molar-refractivity contribution in [2.45, 2.75) is 25.8 Å². The maximum atomic E-state index is 14.1. The molecule has 1 aromatic heterocycles. The molecule has 33 heavy (non-hydrogen) atoms. The maximum Gasteiger partial charge on any atom is 0.252 e. The molecule has 2 aromatic rings. The highest BCUT2D eigenvalue weighted by atomic mass is 19.1. The number of nitrogens with one attached hydrogen (secondary N) is 1. The second-order valence-corrected chi connectivity index (χ2v) is 9.22. The van der Waals surface area contributed by atoms with Crippen LogP contribution in [0.15, 0.2) is 35.1 Å². The number of benzene rings is 1. The first kappa shape index (κ1) is 21.9. The highest BCUT2D eigenvalue weighted by Crippen LogP contribution is 2.31. The molecule has 0 radical (unpaired) electrons. The number of halogens is 1. The Morgan fingerprint density at radius 3 is 2.52 bits per heavy atom. The molecule has 1 amide bonds. The van der Waals surface area contributed by atoms with E-state index in [1.165, 1.54) is 6.07 Å². The number of amides is 1. The first-order valence-electron chi connectivity index (χ1n) is 11.9. The fraction of sp³-hybridized carbons (Fsp3) is 0.542. The first-order chi connectivity index (χ1) is 16.1. The van der Waals surface area contributed by atoms with Gasteiger partial charge < -0.3 is 14.7 Å². The summed E-state index contributed by atoms with van der Waals surface area (Å²) < 4.78 is 14.1. The monoisotopic (exact) mass is 454 g/mol. The summed E-state index contributed by atoms with van der Waals surface area (Å²) in [4.78, 5) is 40.8. The summed E-state index contributed by atoms with van der Waals surface area (Å²) in [6, 6.07) is 8.44. The number of carbonyl (C=O) groups is 1. The Balaban J connectivity index is 1.20. The van der Waals surface area contributed by atoms with E-state index in [-0.39, 0.29) is 23.2 Å². The number of hydrogen-bond acceptors (Lipinski definition) is 6. The zero-order valence-electron chi connectivity index (χ0n) is 18.9. The zero-order valence-corrected chi connectivity index (χ0v) is 18.9. The molecular weight excluding hydrogens is 423 g/mol. The van der Waals surface area contributed by atoms with Gasteiger partial charge in [0, 0.05) is 70.9 Å². The van der Waals surface area contributed by atoms with Crippen molar-refractivity contribution < 1.29 is 9.18 Å². The van der Waals surface area contributed by atoms with Crippen molar-refractivity contribution in [2.24, 2.45) is 5.92 Å². The maximum absolute atomic E-state index is 14.1. The predicted octanol–water partition coefficient (Wildman–Crippen LogP) is 1.68. The quantitative estimate of drug-likeness (QED) is 0.741. The fourth-order valence-corrected chi connectivity index (χ4v) is 4.75. The van der Waals surface area contributed by atoms with Gasteiger partial charge in [-0.3, -0.25) is 19.5 Å². The molecular formula is C24H31FN6O2. The SMILES string of the molecule is O=C(C1CC1)N1CCCN(c2nc(CN3CCN(c4ccccc4F)CC3)cc(=O)[nH]2)CC1. The minimum atomic E-state index is -0.193. The van der Waals surface area contributed by atoms with Gasteiger partial charge in [0.05, 0.1) is 11.4 Å². The van der Waals surface area contributed by atoms with E-state index < -0.39 is 0 Å². The molecule has 2 aliphatic heterocycles. The summed E-state index contributed by atoms with van der Waals surface area (Å²) in [6.45, 7) is 6.47. The van der Waals surface area contributed by atoms with E-state index in [1.54, 1.807) is 12.1 Å². The first-order valence-corrected chi connectivity index (χ1v) is 11.9. The minimum Gasteiger partial charge on any atom is -0.367 e. The van der Waals surface area contributed by atoms with Crippen LogP contribution in [0.5, 0.6) is 0 Å². The summed E-state index contributed by atoms with van der Waals surface area (Å²) in [6.07, 6.45) is 2.90. The number of para-hydroxylation sites is 1. The standard InChI is InChI=1S/C24H31FN6O2/c25-20-4-1-2-5-21(20)29-12-10-28(11-13-29)17-19-16-22(32)27-24(26-19)31-9-3-8-30(14-15-31)23(33)18-6-7-18/h1-2,4-5,16,18H,3,6-15,17H2,(H,26,27,32). The van der Waals surface area contributed by atoms with Crippen LogP contribution in [-0.4, -0.2) is 78.0 Å². The number of H-pyrrole nitrogens is 1. The van der Waals surface area contributed by atoms with Crippen LogP contribution in [0.1, 0.15) is 25.0 Å². The minimum absolute atomic E-state index is 0.157. The molecule has 1 saturated carbocycles. The summed E-state index contributed by atoms with van der Waals surface area (Å²) >= 11 is 0. The van der Waals surface area contributed by atoms with Crippen molar-refractivity contribution in [3.05, 3.63) is 52.2 Å². The van der Waals surface area contributed by atoms with E-state index in [9.17, 15) is 14.0 Å². The second kappa shape index (κ2) is 9.51. The molecule has 1 aromatic carbocycles. The smallest absolute Gasteiger partial charge is 0.252 e. The summed E-state index contributed by atoms with van der Waals surface area (Å²) in [5, 5.41) is 0. The lowest BCUT2D eigenvalue weighted by molar-refractivity contribution is -0.132. The molecule has 1 aliphatic carbocycles. The summed E-state index contributed by atoms with van der Waals surface area (Å²) in [5.41, 5.74) is 1.22. The second-order valence-electron chi connectivity index (χ2n) is 9.22. The Morgan fingerprint density at radius 2 is 1.76 bits per heavy atom. The fourth-order valence-electron chi connectivity index (χ4n) is 4.75. The van der Waals surface area contributed by atoms with Gasteiger partial charge in [0.2, 0.25) is 11.9 Å². The van der Waals surface area contributed by atoms with Gasteiger partial charge in [-0.05, 0) is 31.4 Å². The predicted molar refractivity (Wildman–Crippen MR) is 125 cm³/mol. The summed E-state index contributed by atoms with van der Waals surface area (Å²) in [5.74, 6) is 0.906. The molecule has 2 saturated heterocycles. The van der Waals surface area contributed by atoms with Crippen molar-refractivity contribution in [3.8, 4) is 0 Å². The van der Waals surface area contributed by atoms with Gasteiger partial charge in [-0.15, -0.1) is 0 Å². The van der Waals surface area contributed by atoms with Gasteiger partial charge in [-0.2, -0.15) is 0 Å². The van der Waals surface area contributed by atoms with Gasteiger partial charge in [0.15, 0.2) is 0 Å². The molecule has 1 N–H and O–H groups in total. The lowest BCUT2D eigenvalue weighted by Crippen LogP contribution is -2.46. The van der Waals surface area contributed by atoms with E-state index in [2.05, 4.69) is 19.7 Å². The van der Waals surface area contributed by atoms with Crippen LogP contribution in [0.3, 0.4) is 0 Å². The Hall–Kier alpha value is -2.94. The Morgan fingerprint density at radius 1 is 1.00 bits per heavy atom. The third-order valence-corrected chi connectivity index (χ3v) is 6.77. The van der Waals surface area contributed by atoms with Gasteiger partial charge in [-0.1, -0.05) is 12.1 Å². The molecule has 3 fully saturated rings. The van der Waals surface area contributed by atoms with E-state index in [0.29, 0.717) is 31.3 Å². The van der Waals surface area contributed by atoms with Crippen LogP contribution in [0, 0.1) is 11.7 Å². The van der Waals surface area contributed by atoms with E-state index in [0.717, 1.165) is 64.2 Å². The zero-order chi connectivity index (χ0) is 22.8. The van der Waals surface area contributed by atoms with Crippen molar-refractivity contribution in [1.82, 2.24) is 19.8 Å². The van der Waals surface area contributed by atoms with Gasteiger partial charge in [-0.25, -0.2) is 9.37 Å². The third-order valence-electron chi connectivity index (χ3n) is 6.77. The lowest BCUT2D eigenvalue weighted by atomic mass is 10.2.